The Labute approximate surface area is 111 Å². The number of rotatable bonds is 5. The van der Waals surface area contributed by atoms with Crippen LogP contribution in [0, 0.1) is 11.3 Å². The third kappa shape index (κ3) is 2.47. The van der Waals surface area contributed by atoms with Gasteiger partial charge in [-0.1, -0.05) is 0 Å². The average Bonchev–Trinajstić information content (AvgIpc) is 2.73. The zero-order valence-electron chi connectivity index (χ0n) is 10.2. The Morgan fingerprint density at radius 2 is 2.33 bits per heavy atom. The quantitative estimate of drug-likeness (QED) is 0.778. The van der Waals surface area contributed by atoms with Crippen LogP contribution in [0.1, 0.15) is 11.4 Å². The Balaban J connectivity index is 2.51. The van der Waals surface area contributed by atoms with E-state index in [0.29, 0.717) is 31.0 Å². The molecule has 94 valence electrons. The second-order valence-corrected chi connectivity index (χ2v) is 4.30. The van der Waals surface area contributed by atoms with Crippen molar-refractivity contribution < 1.29 is 4.74 Å². The molecule has 0 aliphatic carbocycles. The minimum Gasteiger partial charge on any atom is -0.383 e. The smallest absolute Gasteiger partial charge is 0.111 e. The number of imidazole rings is 1. The summed E-state index contributed by atoms with van der Waals surface area (Å²) in [6, 6.07) is 7.65. The molecule has 0 N–H and O–H groups in total. The van der Waals surface area contributed by atoms with Crippen LogP contribution in [0.25, 0.3) is 11.0 Å². The van der Waals surface area contributed by atoms with Gasteiger partial charge in [0.15, 0.2) is 0 Å². The van der Waals surface area contributed by atoms with Crippen LogP contribution in [0.5, 0.6) is 0 Å². The fourth-order valence-electron chi connectivity index (χ4n) is 1.95. The van der Waals surface area contributed by atoms with Gasteiger partial charge in [0.05, 0.1) is 29.3 Å². The van der Waals surface area contributed by atoms with E-state index >= 15 is 0 Å². The molecule has 18 heavy (non-hydrogen) atoms. The molecular weight excluding hydrogens is 250 g/mol. The van der Waals surface area contributed by atoms with Gasteiger partial charge in [0.25, 0.3) is 0 Å². The molecule has 2 rings (SSSR count). The SMILES string of the molecule is COCCn1c(CCCl)nc2ccc(C#N)cc21. The van der Waals surface area contributed by atoms with E-state index in [1.165, 1.54) is 0 Å². The van der Waals surface area contributed by atoms with Crippen LogP contribution < -0.4 is 0 Å². The van der Waals surface area contributed by atoms with Crippen molar-refractivity contribution in [3.8, 4) is 6.07 Å². The van der Waals surface area contributed by atoms with Gasteiger partial charge in [-0.25, -0.2) is 4.98 Å². The van der Waals surface area contributed by atoms with Crippen molar-refractivity contribution in [1.29, 1.82) is 5.26 Å². The van der Waals surface area contributed by atoms with Gasteiger partial charge in [-0.05, 0) is 18.2 Å². The number of methoxy groups -OCH3 is 1. The molecule has 1 aromatic heterocycles. The van der Waals surface area contributed by atoms with Gasteiger partial charge in [-0.15, -0.1) is 11.6 Å². The lowest BCUT2D eigenvalue weighted by atomic mass is 10.2. The number of hydrogen-bond donors (Lipinski definition) is 0. The van der Waals surface area contributed by atoms with Gasteiger partial charge in [-0.2, -0.15) is 5.26 Å². The fourth-order valence-corrected chi connectivity index (χ4v) is 2.12. The highest BCUT2D eigenvalue weighted by Crippen LogP contribution is 2.18. The summed E-state index contributed by atoms with van der Waals surface area (Å²) in [4.78, 5) is 4.54. The first-order valence-corrected chi connectivity index (χ1v) is 6.27. The molecule has 0 radical (unpaired) electrons. The van der Waals surface area contributed by atoms with Crippen molar-refractivity contribution in [2.24, 2.45) is 0 Å². The van der Waals surface area contributed by atoms with Crippen LogP contribution in [0.15, 0.2) is 18.2 Å². The van der Waals surface area contributed by atoms with E-state index in [0.717, 1.165) is 16.9 Å². The van der Waals surface area contributed by atoms with Crippen molar-refractivity contribution in [2.45, 2.75) is 13.0 Å². The maximum Gasteiger partial charge on any atom is 0.111 e. The van der Waals surface area contributed by atoms with Crippen molar-refractivity contribution in [2.75, 3.05) is 19.6 Å². The number of hydrogen-bond acceptors (Lipinski definition) is 3. The summed E-state index contributed by atoms with van der Waals surface area (Å²) >= 11 is 5.79. The molecule has 0 spiro atoms. The molecule has 2 aromatic rings. The maximum atomic E-state index is 8.95. The average molecular weight is 264 g/mol. The van der Waals surface area contributed by atoms with Crippen molar-refractivity contribution in [3.63, 3.8) is 0 Å². The lowest BCUT2D eigenvalue weighted by Crippen LogP contribution is -2.08. The number of nitrogens with zero attached hydrogens (tertiary/aromatic N) is 3. The molecule has 0 saturated heterocycles. The molecule has 4 nitrogen and oxygen atoms in total. The molecule has 0 unspecified atom stereocenters. The van der Waals surface area contributed by atoms with Crippen LogP contribution in [-0.4, -0.2) is 29.1 Å². The van der Waals surface area contributed by atoms with Crippen molar-refractivity contribution >= 4 is 22.6 Å². The highest BCUT2D eigenvalue weighted by molar-refractivity contribution is 6.17. The summed E-state index contributed by atoms with van der Waals surface area (Å²) in [6.07, 6.45) is 0.710. The third-order valence-electron chi connectivity index (χ3n) is 2.79. The van der Waals surface area contributed by atoms with Crippen LogP contribution in [-0.2, 0) is 17.7 Å². The highest BCUT2D eigenvalue weighted by Gasteiger charge is 2.10. The van der Waals surface area contributed by atoms with Crippen LogP contribution in [0.4, 0.5) is 0 Å². The van der Waals surface area contributed by atoms with Crippen LogP contribution >= 0.6 is 11.6 Å². The van der Waals surface area contributed by atoms with Gasteiger partial charge in [-0.3, -0.25) is 0 Å². The molecule has 0 atom stereocenters. The Morgan fingerprint density at radius 1 is 1.50 bits per heavy atom. The molecule has 1 aromatic carbocycles. The minimum atomic E-state index is 0.529. The number of ether oxygens (including phenoxy) is 1. The van der Waals surface area contributed by atoms with E-state index in [9.17, 15) is 0 Å². The number of benzene rings is 1. The molecular formula is C13H14ClN3O. The molecule has 0 fully saturated rings. The molecule has 0 aliphatic heterocycles. The lowest BCUT2D eigenvalue weighted by molar-refractivity contribution is 0.187. The predicted octanol–water partition coefficient (Wildman–Crippen LogP) is 2.34. The van der Waals surface area contributed by atoms with E-state index in [2.05, 4.69) is 15.6 Å². The van der Waals surface area contributed by atoms with Crippen molar-refractivity contribution in [3.05, 3.63) is 29.6 Å². The number of aryl methyl sites for hydroxylation is 1. The first-order valence-electron chi connectivity index (χ1n) is 5.74. The zero-order chi connectivity index (χ0) is 13.0. The van der Waals surface area contributed by atoms with Gasteiger partial charge in [0, 0.05) is 26.0 Å². The van der Waals surface area contributed by atoms with Gasteiger partial charge >= 0.3 is 0 Å². The maximum absolute atomic E-state index is 8.95. The number of fused-ring (bicyclic) bond motifs is 1. The third-order valence-corrected chi connectivity index (χ3v) is 2.98. The van der Waals surface area contributed by atoms with Gasteiger partial charge in [0.1, 0.15) is 5.82 Å². The van der Waals surface area contributed by atoms with Gasteiger partial charge < -0.3 is 9.30 Å². The summed E-state index contributed by atoms with van der Waals surface area (Å²) in [5.74, 6) is 1.47. The summed E-state index contributed by atoms with van der Waals surface area (Å²) in [6.45, 7) is 1.33. The largest absolute Gasteiger partial charge is 0.383 e. The number of nitriles is 1. The Bertz CT molecular complexity index is 586. The highest BCUT2D eigenvalue weighted by atomic mass is 35.5. The van der Waals surface area contributed by atoms with E-state index in [1.54, 1.807) is 13.2 Å². The molecule has 0 aliphatic rings. The monoisotopic (exact) mass is 263 g/mol. The Hall–Kier alpha value is -1.57. The molecule has 5 heteroatoms. The summed E-state index contributed by atoms with van der Waals surface area (Å²) in [5.41, 5.74) is 2.50. The lowest BCUT2D eigenvalue weighted by Gasteiger charge is -2.07. The number of aromatic nitrogens is 2. The standard InChI is InChI=1S/C13H14ClN3O/c1-18-7-6-17-12-8-10(9-15)2-3-11(12)16-13(17)4-5-14/h2-3,8H,4-7H2,1H3. The topological polar surface area (TPSA) is 50.8 Å². The molecule has 1 heterocycles. The van der Waals surface area contributed by atoms with E-state index in [4.69, 9.17) is 21.6 Å². The normalized spacial score (nSPS) is 10.7. The summed E-state index contributed by atoms with van der Waals surface area (Å²) in [7, 11) is 1.67. The second kappa shape index (κ2) is 5.85. The second-order valence-electron chi connectivity index (χ2n) is 3.93. The first-order chi connectivity index (χ1) is 8.80. The molecule has 0 bridgehead atoms. The van der Waals surface area contributed by atoms with E-state index in [-0.39, 0.29) is 0 Å². The number of alkyl halides is 1. The van der Waals surface area contributed by atoms with E-state index in [1.807, 2.05) is 12.1 Å². The van der Waals surface area contributed by atoms with Crippen LogP contribution in [0.3, 0.4) is 0 Å². The molecule has 0 saturated carbocycles. The Morgan fingerprint density at radius 3 is 3.00 bits per heavy atom. The zero-order valence-corrected chi connectivity index (χ0v) is 10.9. The number of halogens is 1. The summed E-state index contributed by atoms with van der Waals surface area (Å²) in [5, 5.41) is 8.95. The Kier molecular flexibility index (Phi) is 4.19. The van der Waals surface area contributed by atoms with Gasteiger partial charge in [0.2, 0.25) is 0 Å². The van der Waals surface area contributed by atoms with Crippen LogP contribution in [0.2, 0.25) is 0 Å². The van der Waals surface area contributed by atoms with Crippen molar-refractivity contribution in [1.82, 2.24) is 9.55 Å². The molecule has 0 amide bonds. The fraction of sp³-hybridized carbons (Fsp3) is 0.385. The summed E-state index contributed by atoms with van der Waals surface area (Å²) < 4.78 is 7.18. The first kappa shape index (κ1) is 12.9. The minimum absolute atomic E-state index is 0.529. The predicted molar refractivity (Wildman–Crippen MR) is 70.7 cm³/mol. The van der Waals surface area contributed by atoms with E-state index < -0.39 is 0 Å².